The number of halogens is 4. The minimum atomic E-state index is -4.52. The molecular weight excluding hydrogens is 279 g/mol. The normalized spacial score (nSPS) is 10.6. The van der Waals surface area contributed by atoms with Gasteiger partial charge in [-0.25, -0.2) is 0 Å². The molecular formula is C12H9ClF3N3. The lowest BCUT2D eigenvalue weighted by Gasteiger charge is -2.20. The van der Waals surface area contributed by atoms with E-state index in [1.54, 1.807) is 12.1 Å². The van der Waals surface area contributed by atoms with Gasteiger partial charge in [0.15, 0.2) is 0 Å². The fourth-order valence-electron chi connectivity index (χ4n) is 1.55. The molecule has 3 nitrogen and oxygen atoms in total. The highest BCUT2D eigenvalue weighted by Crippen LogP contribution is 2.35. The van der Waals surface area contributed by atoms with E-state index in [2.05, 4.69) is 0 Å². The maximum Gasteiger partial charge on any atom is 0.416 e. The third-order valence-electron chi connectivity index (χ3n) is 2.43. The first-order valence-corrected chi connectivity index (χ1v) is 5.72. The first-order chi connectivity index (χ1) is 8.93. The highest BCUT2D eigenvalue weighted by molar-refractivity contribution is 6.17. The second-order valence-electron chi connectivity index (χ2n) is 3.65. The number of nitriles is 2. The van der Waals surface area contributed by atoms with Crippen molar-refractivity contribution in [3.63, 3.8) is 0 Å². The van der Waals surface area contributed by atoms with E-state index in [9.17, 15) is 13.2 Å². The fraction of sp³-hybridized carbons (Fsp3) is 0.333. The van der Waals surface area contributed by atoms with Gasteiger partial charge in [-0.1, -0.05) is 6.07 Å². The molecule has 0 heterocycles. The van der Waals surface area contributed by atoms with E-state index in [0.717, 1.165) is 6.07 Å². The van der Waals surface area contributed by atoms with Crippen molar-refractivity contribution in [1.29, 1.82) is 10.5 Å². The SMILES string of the molecule is N#CCN(CC#N)c1ccc(CCl)c(C(F)(F)F)c1. The van der Waals surface area contributed by atoms with Crippen molar-refractivity contribution in [3.8, 4) is 12.1 Å². The van der Waals surface area contributed by atoms with Crippen LogP contribution in [0.5, 0.6) is 0 Å². The van der Waals surface area contributed by atoms with Crippen LogP contribution in [0.25, 0.3) is 0 Å². The smallest absolute Gasteiger partial charge is 0.345 e. The molecule has 0 N–H and O–H groups in total. The first-order valence-electron chi connectivity index (χ1n) is 5.19. The summed E-state index contributed by atoms with van der Waals surface area (Å²) in [5.74, 6) is -0.258. The maximum atomic E-state index is 12.8. The van der Waals surface area contributed by atoms with E-state index in [1.807, 2.05) is 0 Å². The predicted octanol–water partition coefficient (Wildman–Crippen LogP) is 3.30. The van der Waals surface area contributed by atoms with Gasteiger partial charge in [0.2, 0.25) is 0 Å². The summed E-state index contributed by atoms with van der Waals surface area (Å²) in [4.78, 5) is 1.26. The van der Waals surface area contributed by atoms with Crippen molar-refractivity contribution < 1.29 is 13.2 Å². The van der Waals surface area contributed by atoms with E-state index in [1.165, 1.54) is 17.0 Å². The molecule has 0 saturated carbocycles. The standard InChI is InChI=1S/C12H9ClF3N3/c13-8-9-1-2-10(7-11(9)12(14,15)16)19(5-3-17)6-4-18/h1-2,7H,5-6,8H2. The quantitative estimate of drug-likeness (QED) is 0.630. The van der Waals surface area contributed by atoms with Crippen molar-refractivity contribution >= 4 is 17.3 Å². The molecule has 0 saturated heterocycles. The lowest BCUT2D eigenvalue weighted by Crippen LogP contribution is -2.24. The Kier molecular flexibility index (Phi) is 5.02. The van der Waals surface area contributed by atoms with Gasteiger partial charge >= 0.3 is 6.18 Å². The number of benzene rings is 1. The number of alkyl halides is 4. The maximum absolute atomic E-state index is 12.8. The molecule has 0 atom stereocenters. The monoisotopic (exact) mass is 287 g/mol. The Morgan fingerprint density at radius 2 is 1.74 bits per heavy atom. The van der Waals surface area contributed by atoms with E-state index in [-0.39, 0.29) is 30.2 Å². The van der Waals surface area contributed by atoms with Gasteiger partial charge in [0, 0.05) is 11.6 Å². The number of rotatable bonds is 4. The number of anilines is 1. The summed E-state index contributed by atoms with van der Waals surface area (Å²) in [6.45, 7) is -0.323. The van der Waals surface area contributed by atoms with Crippen LogP contribution in [0.15, 0.2) is 18.2 Å². The molecule has 0 amide bonds. The van der Waals surface area contributed by atoms with Crippen LogP contribution in [0.2, 0.25) is 0 Å². The average molecular weight is 288 g/mol. The van der Waals surface area contributed by atoms with E-state index < -0.39 is 11.7 Å². The second kappa shape index (κ2) is 6.31. The Bertz CT molecular complexity index is 512. The molecule has 0 radical (unpaired) electrons. The Balaban J connectivity index is 3.24. The molecule has 100 valence electrons. The van der Waals surface area contributed by atoms with E-state index in [0.29, 0.717) is 0 Å². The van der Waals surface area contributed by atoms with Crippen LogP contribution >= 0.6 is 11.6 Å². The minimum absolute atomic E-state index is 0.0354. The van der Waals surface area contributed by atoms with Crippen LogP contribution < -0.4 is 4.90 Å². The average Bonchev–Trinajstić information content (AvgIpc) is 2.37. The minimum Gasteiger partial charge on any atom is -0.345 e. The summed E-state index contributed by atoms with van der Waals surface area (Å²) in [7, 11) is 0. The molecule has 0 unspecified atom stereocenters. The Hall–Kier alpha value is -1.92. The zero-order valence-corrected chi connectivity index (χ0v) is 10.5. The third kappa shape index (κ3) is 3.77. The fourth-order valence-corrected chi connectivity index (χ4v) is 1.78. The zero-order chi connectivity index (χ0) is 14.5. The number of hydrogen-bond donors (Lipinski definition) is 0. The molecule has 0 fully saturated rings. The molecule has 0 aliphatic heterocycles. The van der Waals surface area contributed by atoms with Crippen LogP contribution in [0.1, 0.15) is 11.1 Å². The predicted molar refractivity (Wildman–Crippen MR) is 64.4 cm³/mol. The molecule has 1 aromatic rings. The van der Waals surface area contributed by atoms with Crippen molar-refractivity contribution in [2.24, 2.45) is 0 Å². The molecule has 0 bridgehead atoms. The molecule has 19 heavy (non-hydrogen) atoms. The zero-order valence-electron chi connectivity index (χ0n) is 9.71. The Morgan fingerprint density at radius 3 is 2.16 bits per heavy atom. The summed E-state index contributed by atoms with van der Waals surface area (Å²) < 4.78 is 38.5. The van der Waals surface area contributed by atoms with Crippen LogP contribution in [-0.2, 0) is 12.1 Å². The molecule has 7 heteroatoms. The van der Waals surface area contributed by atoms with E-state index >= 15 is 0 Å². The molecule has 1 rings (SSSR count). The molecule has 0 spiro atoms. The summed E-state index contributed by atoms with van der Waals surface area (Å²) in [5.41, 5.74) is -0.711. The highest BCUT2D eigenvalue weighted by atomic mass is 35.5. The topological polar surface area (TPSA) is 50.8 Å². The molecule has 0 aliphatic carbocycles. The van der Waals surface area contributed by atoms with E-state index in [4.69, 9.17) is 22.1 Å². The Labute approximate surface area is 113 Å². The molecule has 0 aliphatic rings. The second-order valence-corrected chi connectivity index (χ2v) is 3.91. The molecule has 0 aromatic heterocycles. The van der Waals surface area contributed by atoms with Gasteiger partial charge in [0.1, 0.15) is 13.1 Å². The summed E-state index contributed by atoms with van der Waals surface area (Å²) in [6.07, 6.45) is -4.52. The Morgan fingerprint density at radius 1 is 1.16 bits per heavy atom. The van der Waals surface area contributed by atoms with Crippen molar-refractivity contribution in [3.05, 3.63) is 29.3 Å². The van der Waals surface area contributed by atoms with Gasteiger partial charge in [-0.05, 0) is 17.7 Å². The van der Waals surface area contributed by atoms with Gasteiger partial charge in [0.05, 0.1) is 17.7 Å². The van der Waals surface area contributed by atoms with Crippen molar-refractivity contribution in [2.75, 3.05) is 18.0 Å². The summed E-state index contributed by atoms with van der Waals surface area (Å²) in [5, 5.41) is 17.2. The first kappa shape index (κ1) is 15.1. The highest BCUT2D eigenvalue weighted by Gasteiger charge is 2.33. The van der Waals surface area contributed by atoms with Crippen LogP contribution in [0.4, 0.5) is 18.9 Å². The van der Waals surface area contributed by atoms with Crippen LogP contribution in [-0.4, -0.2) is 13.1 Å². The third-order valence-corrected chi connectivity index (χ3v) is 2.72. The van der Waals surface area contributed by atoms with Gasteiger partial charge in [0.25, 0.3) is 0 Å². The lowest BCUT2D eigenvalue weighted by atomic mass is 10.1. The van der Waals surface area contributed by atoms with Crippen LogP contribution in [0, 0.1) is 22.7 Å². The van der Waals surface area contributed by atoms with Gasteiger partial charge < -0.3 is 4.90 Å². The number of hydrogen-bond acceptors (Lipinski definition) is 3. The van der Waals surface area contributed by atoms with Gasteiger partial charge in [-0.3, -0.25) is 0 Å². The summed E-state index contributed by atoms with van der Waals surface area (Å²) in [6, 6.07) is 7.20. The largest absolute Gasteiger partial charge is 0.416 e. The summed E-state index contributed by atoms with van der Waals surface area (Å²) >= 11 is 5.47. The lowest BCUT2D eigenvalue weighted by molar-refractivity contribution is -0.138. The number of nitrogens with zero attached hydrogens (tertiary/aromatic N) is 3. The van der Waals surface area contributed by atoms with Crippen LogP contribution in [0.3, 0.4) is 0 Å². The van der Waals surface area contributed by atoms with Crippen molar-refractivity contribution in [1.82, 2.24) is 0 Å². The molecule has 1 aromatic carbocycles. The van der Waals surface area contributed by atoms with Gasteiger partial charge in [-0.2, -0.15) is 23.7 Å². The van der Waals surface area contributed by atoms with Crippen molar-refractivity contribution in [2.45, 2.75) is 12.1 Å². The van der Waals surface area contributed by atoms with Gasteiger partial charge in [-0.15, -0.1) is 11.6 Å².